The van der Waals surface area contributed by atoms with Gasteiger partial charge in [0.15, 0.2) is 0 Å². The second-order valence-corrected chi connectivity index (χ2v) is 4.69. The van der Waals surface area contributed by atoms with Crippen molar-refractivity contribution in [2.75, 3.05) is 7.05 Å². The standard InChI is InChI=1S/C14H19N3O/c1-9-6-5-7-12(8-9)13-16-14(18-17-13)10(2)11(3)15-4/h5-8,10-11,15H,1-4H3. The van der Waals surface area contributed by atoms with Crippen LogP contribution in [0, 0.1) is 6.92 Å². The average molecular weight is 245 g/mol. The van der Waals surface area contributed by atoms with Crippen molar-refractivity contribution in [3.05, 3.63) is 35.7 Å². The topological polar surface area (TPSA) is 51.0 Å². The summed E-state index contributed by atoms with van der Waals surface area (Å²) in [5.41, 5.74) is 2.19. The normalized spacial score (nSPS) is 14.4. The van der Waals surface area contributed by atoms with E-state index in [1.165, 1.54) is 5.56 Å². The maximum absolute atomic E-state index is 5.34. The molecule has 0 saturated carbocycles. The molecule has 1 heterocycles. The Balaban J connectivity index is 2.25. The molecule has 0 aliphatic heterocycles. The van der Waals surface area contributed by atoms with Gasteiger partial charge in [0.1, 0.15) is 0 Å². The monoisotopic (exact) mass is 245 g/mol. The molecule has 2 unspecified atom stereocenters. The minimum Gasteiger partial charge on any atom is -0.339 e. The van der Waals surface area contributed by atoms with Crippen molar-refractivity contribution < 1.29 is 4.52 Å². The van der Waals surface area contributed by atoms with Crippen molar-refractivity contribution in [3.8, 4) is 11.4 Å². The summed E-state index contributed by atoms with van der Waals surface area (Å²) in [4.78, 5) is 4.47. The molecule has 0 amide bonds. The molecule has 18 heavy (non-hydrogen) atoms. The van der Waals surface area contributed by atoms with Crippen molar-refractivity contribution >= 4 is 0 Å². The molecule has 96 valence electrons. The van der Waals surface area contributed by atoms with Gasteiger partial charge in [-0.25, -0.2) is 0 Å². The SMILES string of the molecule is CNC(C)C(C)c1nc(-c2cccc(C)c2)no1. The van der Waals surface area contributed by atoms with Gasteiger partial charge in [0.25, 0.3) is 0 Å². The van der Waals surface area contributed by atoms with Crippen LogP contribution in [0.15, 0.2) is 28.8 Å². The van der Waals surface area contributed by atoms with E-state index in [0.29, 0.717) is 17.8 Å². The quantitative estimate of drug-likeness (QED) is 0.899. The predicted molar refractivity (Wildman–Crippen MR) is 71.4 cm³/mol. The zero-order valence-electron chi connectivity index (χ0n) is 11.3. The lowest BCUT2D eigenvalue weighted by atomic mass is 10.0. The molecule has 0 aliphatic carbocycles. The smallest absolute Gasteiger partial charge is 0.231 e. The first-order valence-electron chi connectivity index (χ1n) is 6.19. The van der Waals surface area contributed by atoms with Crippen LogP contribution in [0.2, 0.25) is 0 Å². The highest BCUT2D eigenvalue weighted by Crippen LogP contribution is 2.22. The summed E-state index contributed by atoms with van der Waals surface area (Å²) in [6.07, 6.45) is 0. The highest BCUT2D eigenvalue weighted by atomic mass is 16.5. The minimum atomic E-state index is 0.195. The Morgan fingerprint density at radius 2 is 2.06 bits per heavy atom. The first kappa shape index (κ1) is 12.8. The molecule has 0 saturated heterocycles. The molecular weight excluding hydrogens is 226 g/mol. The average Bonchev–Trinajstić information content (AvgIpc) is 2.86. The molecule has 2 atom stereocenters. The second kappa shape index (κ2) is 5.31. The van der Waals surface area contributed by atoms with Gasteiger partial charge in [0.2, 0.25) is 11.7 Å². The fraction of sp³-hybridized carbons (Fsp3) is 0.429. The summed E-state index contributed by atoms with van der Waals surface area (Å²) in [7, 11) is 1.93. The van der Waals surface area contributed by atoms with Crippen LogP contribution < -0.4 is 5.32 Å². The number of likely N-dealkylation sites (N-methyl/N-ethyl adjacent to an activating group) is 1. The fourth-order valence-corrected chi connectivity index (χ4v) is 1.79. The van der Waals surface area contributed by atoms with Crippen LogP contribution >= 0.6 is 0 Å². The van der Waals surface area contributed by atoms with Gasteiger partial charge in [0.05, 0.1) is 5.92 Å². The van der Waals surface area contributed by atoms with E-state index in [2.05, 4.69) is 48.4 Å². The van der Waals surface area contributed by atoms with E-state index in [1.54, 1.807) is 0 Å². The molecule has 1 aromatic carbocycles. The van der Waals surface area contributed by atoms with Crippen LogP contribution in [-0.4, -0.2) is 23.2 Å². The van der Waals surface area contributed by atoms with Crippen LogP contribution in [0.25, 0.3) is 11.4 Å². The molecular formula is C14H19N3O. The number of hydrogen-bond acceptors (Lipinski definition) is 4. The van der Waals surface area contributed by atoms with E-state index in [4.69, 9.17) is 4.52 Å². The van der Waals surface area contributed by atoms with Crippen LogP contribution in [0.4, 0.5) is 0 Å². The largest absolute Gasteiger partial charge is 0.339 e. The lowest BCUT2D eigenvalue weighted by Gasteiger charge is -2.14. The van der Waals surface area contributed by atoms with E-state index >= 15 is 0 Å². The van der Waals surface area contributed by atoms with Gasteiger partial charge < -0.3 is 9.84 Å². The van der Waals surface area contributed by atoms with Crippen molar-refractivity contribution in [1.29, 1.82) is 0 Å². The third kappa shape index (κ3) is 2.59. The lowest BCUT2D eigenvalue weighted by molar-refractivity contribution is 0.336. The Labute approximate surface area is 107 Å². The second-order valence-electron chi connectivity index (χ2n) is 4.69. The summed E-state index contributed by atoms with van der Waals surface area (Å²) >= 11 is 0. The Kier molecular flexibility index (Phi) is 3.77. The Bertz CT molecular complexity index is 521. The van der Waals surface area contributed by atoms with Crippen LogP contribution in [0.3, 0.4) is 0 Å². The summed E-state index contributed by atoms with van der Waals surface area (Å²) in [6, 6.07) is 8.40. The minimum absolute atomic E-state index is 0.195. The lowest BCUT2D eigenvalue weighted by Crippen LogP contribution is -2.27. The van der Waals surface area contributed by atoms with Crippen molar-refractivity contribution in [2.24, 2.45) is 0 Å². The molecule has 0 aliphatic rings. The number of aryl methyl sites for hydroxylation is 1. The molecule has 4 heteroatoms. The molecule has 0 fully saturated rings. The first-order valence-corrected chi connectivity index (χ1v) is 6.19. The third-order valence-corrected chi connectivity index (χ3v) is 3.31. The van der Waals surface area contributed by atoms with Gasteiger partial charge >= 0.3 is 0 Å². The molecule has 0 radical (unpaired) electrons. The summed E-state index contributed by atoms with van der Waals surface area (Å²) in [5.74, 6) is 1.53. The molecule has 2 aromatic rings. The Morgan fingerprint density at radius 1 is 1.28 bits per heavy atom. The zero-order chi connectivity index (χ0) is 13.1. The van der Waals surface area contributed by atoms with Gasteiger partial charge in [-0.15, -0.1) is 0 Å². The maximum Gasteiger partial charge on any atom is 0.231 e. The number of rotatable bonds is 4. The van der Waals surface area contributed by atoms with Crippen molar-refractivity contribution in [3.63, 3.8) is 0 Å². The number of nitrogens with zero attached hydrogens (tertiary/aromatic N) is 2. The molecule has 4 nitrogen and oxygen atoms in total. The van der Waals surface area contributed by atoms with E-state index in [0.717, 1.165) is 5.56 Å². The van der Waals surface area contributed by atoms with Crippen LogP contribution in [-0.2, 0) is 0 Å². The molecule has 2 rings (SSSR count). The van der Waals surface area contributed by atoms with Gasteiger partial charge in [-0.05, 0) is 27.0 Å². The Hall–Kier alpha value is -1.68. The predicted octanol–water partition coefficient (Wildman–Crippen LogP) is 2.76. The highest BCUT2D eigenvalue weighted by Gasteiger charge is 2.19. The van der Waals surface area contributed by atoms with Crippen molar-refractivity contribution in [1.82, 2.24) is 15.5 Å². The first-order chi connectivity index (χ1) is 8.61. The zero-order valence-corrected chi connectivity index (χ0v) is 11.3. The fourth-order valence-electron chi connectivity index (χ4n) is 1.79. The number of nitrogens with one attached hydrogen (secondary N) is 1. The van der Waals surface area contributed by atoms with E-state index in [1.807, 2.05) is 19.2 Å². The highest BCUT2D eigenvalue weighted by molar-refractivity contribution is 5.55. The summed E-state index contributed by atoms with van der Waals surface area (Å²) < 4.78 is 5.34. The number of benzene rings is 1. The van der Waals surface area contributed by atoms with Gasteiger partial charge in [-0.2, -0.15) is 4.98 Å². The molecule has 0 spiro atoms. The summed E-state index contributed by atoms with van der Waals surface area (Å²) in [6.45, 7) is 6.23. The van der Waals surface area contributed by atoms with E-state index < -0.39 is 0 Å². The Morgan fingerprint density at radius 3 is 2.72 bits per heavy atom. The van der Waals surface area contributed by atoms with E-state index in [9.17, 15) is 0 Å². The van der Waals surface area contributed by atoms with Gasteiger partial charge in [-0.3, -0.25) is 0 Å². The van der Waals surface area contributed by atoms with Gasteiger partial charge in [0, 0.05) is 11.6 Å². The van der Waals surface area contributed by atoms with Crippen molar-refractivity contribution in [2.45, 2.75) is 32.7 Å². The molecule has 1 N–H and O–H groups in total. The molecule has 1 aromatic heterocycles. The summed E-state index contributed by atoms with van der Waals surface area (Å²) in [5, 5.41) is 7.24. The van der Waals surface area contributed by atoms with E-state index in [-0.39, 0.29) is 5.92 Å². The van der Waals surface area contributed by atoms with Crippen LogP contribution in [0.1, 0.15) is 31.2 Å². The molecule has 0 bridgehead atoms. The third-order valence-electron chi connectivity index (χ3n) is 3.31. The van der Waals surface area contributed by atoms with Gasteiger partial charge in [-0.1, -0.05) is 35.8 Å². The van der Waals surface area contributed by atoms with Crippen LogP contribution in [0.5, 0.6) is 0 Å². The maximum atomic E-state index is 5.34. The number of aromatic nitrogens is 2. The number of hydrogen-bond donors (Lipinski definition) is 1.